The summed E-state index contributed by atoms with van der Waals surface area (Å²) in [7, 11) is 0. The number of hydrogen-bond donors (Lipinski definition) is 1. The number of halogens is 1. The predicted octanol–water partition coefficient (Wildman–Crippen LogP) is 6.50. The largest absolute Gasteiger partial charge is 0.489 e. The average Bonchev–Trinajstić information content (AvgIpc) is 3.14. The minimum Gasteiger partial charge on any atom is -0.489 e. The third-order valence-electron chi connectivity index (χ3n) is 7.74. The minimum absolute atomic E-state index is 0.0955. The molecule has 0 amide bonds. The Hall–Kier alpha value is -2.47. The lowest BCUT2D eigenvalue weighted by atomic mass is 9.89. The first-order valence-corrected chi connectivity index (χ1v) is 13.8. The highest BCUT2D eigenvalue weighted by Crippen LogP contribution is 2.34. The van der Waals surface area contributed by atoms with E-state index in [0.717, 1.165) is 29.8 Å². The average molecular weight is 497 g/mol. The summed E-state index contributed by atoms with van der Waals surface area (Å²) in [5.74, 6) is 1.81. The summed E-state index contributed by atoms with van der Waals surface area (Å²) in [6, 6.07) is 7.70. The number of fused-ring (bicyclic) bond motifs is 1. The maximum Gasteiger partial charge on any atom is 0.329 e. The molecule has 0 bridgehead atoms. The van der Waals surface area contributed by atoms with Gasteiger partial charge in [0.1, 0.15) is 17.9 Å². The van der Waals surface area contributed by atoms with E-state index in [2.05, 4.69) is 10.3 Å². The van der Waals surface area contributed by atoms with Crippen LogP contribution in [0.15, 0.2) is 41.5 Å². The van der Waals surface area contributed by atoms with E-state index in [1.807, 2.05) is 33.4 Å². The van der Waals surface area contributed by atoms with Crippen molar-refractivity contribution >= 4 is 28.3 Å². The highest BCUT2D eigenvalue weighted by molar-refractivity contribution is 6.31. The standard InChI is InChI=1S/C28H37ClN4O2/c29-23-17-25-27(26(18-23)35-16-15-31-24-11-13-30-14-12-24)33(20-22-9-5-2-6-10-22)28(34)32(25)19-21-7-3-1-4-8-21/h11-14,17-18,21-22H,1-10,15-16,19-20H2,(H,30,31). The van der Waals surface area contributed by atoms with Gasteiger partial charge in [-0.3, -0.25) is 14.1 Å². The van der Waals surface area contributed by atoms with Gasteiger partial charge in [-0.25, -0.2) is 4.79 Å². The molecule has 2 fully saturated rings. The number of imidazole rings is 1. The Kier molecular flexibility index (Phi) is 7.97. The molecule has 2 heterocycles. The van der Waals surface area contributed by atoms with Gasteiger partial charge in [0, 0.05) is 48.8 Å². The summed E-state index contributed by atoms with van der Waals surface area (Å²) < 4.78 is 10.3. The molecule has 5 rings (SSSR count). The Morgan fingerprint density at radius 3 is 2.20 bits per heavy atom. The molecule has 0 unspecified atom stereocenters. The quantitative estimate of drug-likeness (QED) is 0.343. The van der Waals surface area contributed by atoms with Crippen molar-refractivity contribution in [3.05, 3.63) is 52.2 Å². The number of pyridine rings is 1. The zero-order valence-corrected chi connectivity index (χ0v) is 21.3. The Labute approximate surface area is 212 Å². The Morgan fingerprint density at radius 2 is 1.54 bits per heavy atom. The lowest BCUT2D eigenvalue weighted by molar-refractivity contribution is 0.304. The lowest BCUT2D eigenvalue weighted by Crippen LogP contribution is -2.29. The Balaban J connectivity index is 1.44. The molecule has 0 atom stereocenters. The molecular formula is C28H37ClN4O2. The molecule has 2 aliphatic carbocycles. The third-order valence-corrected chi connectivity index (χ3v) is 7.96. The summed E-state index contributed by atoms with van der Waals surface area (Å²) >= 11 is 6.57. The van der Waals surface area contributed by atoms with Gasteiger partial charge < -0.3 is 10.1 Å². The highest BCUT2D eigenvalue weighted by Gasteiger charge is 2.24. The molecule has 1 N–H and O–H groups in total. The maximum atomic E-state index is 13.8. The minimum atomic E-state index is 0.0955. The highest BCUT2D eigenvalue weighted by atomic mass is 35.5. The molecule has 0 saturated heterocycles. The molecule has 2 saturated carbocycles. The number of aromatic nitrogens is 3. The summed E-state index contributed by atoms with van der Waals surface area (Å²) in [5, 5.41) is 3.97. The van der Waals surface area contributed by atoms with Crippen molar-refractivity contribution in [1.29, 1.82) is 0 Å². The normalized spacial score (nSPS) is 17.6. The van der Waals surface area contributed by atoms with Gasteiger partial charge in [0.05, 0.1) is 5.52 Å². The first-order chi connectivity index (χ1) is 17.2. The zero-order chi connectivity index (χ0) is 24.0. The number of anilines is 1. The maximum absolute atomic E-state index is 13.8. The molecule has 0 spiro atoms. The molecule has 0 radical (unpaired) electrons. The van der Waals surface area contributed by atoms with Crippen LogP contribution in [0, 0.1) is 11.8 Å². The van der Waals surface area contributed by atoms with Crippen LogP contribution < -0.4 is 15.7 Å². The van der Waals surface area contributed by atoms with E-state index in [4.69, 9.17) is 16.3 Å². The van der Waals surface area contributed by atoms with Gasteiger partial charge in [-0.05, 0) is 55.7 Å². The Bertz CT molecular complexity index is 1160. The molecule has 2 aromatic heterocycles. The van der Waals surface area contributed by atoms with E-state index in [-0.39, 0.29) is 5.69 Å². The molecule has 3 aromatic rings. The number of ether oxygens (including phenoxy) is 1. The van der Waals surface area contributed by atoms with Crippen molar-refractivity contribution in [3.63, 3.8) is 0 Å². The van der Waals surface area contributed by atoms with Gasteiger partial charge in [-0.2, -0.15) is 0 Å². The number of hydrogen-bond acceptors (Lipinski definition) is 4. The van der Waals surface area contributed by atoms with Crippen LogP contribution in [0.2, 0.25) is 5.02 Å². The van der Waals surface area contributed by atoms with Gasteiger partial charge in [-0.1, -0.05) is 50.1 Å². The van der Waals surface area contributed by atoms with Crippen LogP contribution in [0.3, 0.4) is 0 Å². The second-order valence-electron chi connectivity index (χ2n) is 10.3. The fourth-order valence-electron chi connectivity index (χ4n) is 5.92. The molecule has 1 aromatic carbocycles. The van der Waals surface area contributed by atoms with Crippen LogP contribution in [0.5, 0.6) is 5.75 Å². The van der Waals surface area contributed by atoms with Gasteiger partial charge in [-0.15, -0.1) is 0 Å². The number of nitrogens with zero attached hydrogens (tertiary/aromatic N) is 3. The summed E-state index contributed by atoms with van der Waals surface area (Å²) in [6.07, 6.45) is 16.0. The molecular weight excluding hydrogens is 460 g/mol. The van der Waals surface area contributed by atoms with Gasteiger partial charge in [0.2, 0.25) is 0 Å². The Morgan fingerprint density at radius 1 is 0.914 bits per heavy atom. The van der Waals surface area contributed by atoms with E-state index in [9.17, 15) is 4.79 Å². The molecule has 2 aliphatic rings. The summed E-state index contributed by atoms with van der Waals surface area (Å²) in [5.41, 5.74) is 2.93. The molecule has 6 nitrogen and oxygen atoms in total. The van der Waals surface area contributed by atoms with Crippen molar-refractivity contribution in [2.45, 2.75) is 77.3 Å². The summed E-state index contributed by atoms with van der Waals surface area (Å²) in [4.78, 5) is 17.9. The number of rotatable bonds is 9. The van der Waals surface area contributed by atoms with E-state index in [1.54, 1.807) is 12.4 Å². The number of nitrogens with one attached hydrogen (secondary N) is 1. The molecule has 0 aliphatic heterocycles. The van der Waals surface area contributed by atoms with E-state index in [1.165, 1.54) is 64.2 Å². The second-order valence-corrected chi connectivity index (χ2v) is 10.7. The first kappa shape index (κ1) is 24.2. The van der Waals surface area contributed by atoms with Crippen LogP contribution in [0.25, 0.3) is 11.0 Å². The predicted molar refractivity (Wildman–Crippen MR) is 143 cm³/mol. The van der Waals surface area contributed by atoms with Crippen LogP contribution >= 0.6 is 11.6 Å². The van der Waals surface area contributed by atoms with Crippen molar-refractivity contribution in [3.8, 4) is 5.75 Å². The topological polar surface area (TPSA) is 61.1 Å². The van der Waals surface area contributed by atoms with Crippen LogP contribution in [0.4, 0.5) is 5.69 Å². The monoisotopic (exact) mass is 496 g/mol. The van der Waals surface area contributed by atoms with Gasteiger partial charge >= 0.3 is 5.69 Å². The number of benzene rings is 1. The van der Waals surface area contributed by atoms with Gasteiger partial charge in [0.25, 0.3) is 0 Å². The lowest BCUT2D eigenvalue weighted by Gasteiger charge is -2.22. The molecule has 188 valence electrons. The van der Waals surface area contributed by atoms with Crippen molar-refractivity contribution in [2.24, 2.45) is 11.8 Å². The van der Waals surface area contributed by atoms with E-state index < -0.39 is 0 Å². The van der Waals surface area contributed by atoms with Crippen LogP contribution in [-0.2, 0) is 13.1 Å². The fraction of sp³-hybridized carbons (Fsp3) is 0.571. The van der Waals surface area contributed by atoms with Gasteiger partial charge in [0.15, 0.2) is 0 Å². The first-order valence-electron chi connectivity index (χ1n) is 13.4. The summed E-state index contributed by atoms with van der Waals surface area (Å²) in [6.45, 7) is 2.66. The van der Waals surface area contributed by atoms with Crippen LogP contribution in [-0.4, -0.2) is 27.3 Å². The van der Waals surface area contributed by atoms with Crippen molar-refractivity contribution in [1.82, 2.24) is 14.1 Å². The fourth-order valence-corrected chi connectivity index (χ4v) is 6.12. The van der Waals surface area contributed by atoms with Crippen molar-refractivity contribution in [2.75, 3.05) is 18.5 Å². The van der Waals surface area contributed by atoms with Crippen LogP contribution in [0.1, 0.15) is 64.2 Å². The van der Waals surface area contributed by atoms with E-state index in [0.29, 0.717) is 35.8 Å². The van der Waals surface area contributed by atoms with Crippen molar-refractivity contribution < 1.29 is 4.74 Å². The zero-order valence-electron chi connectivity index (χ0n) is 20.6. The SMILES string of the molecule is O=c1n(CC2CCCCC2)c2cc(Cl)cc(OCCNc3ccncc3)c2n1CC1CCCCC1. The smallest absolute Gasteiger partial charge is 0.329 e. The third kappa shape index (κ3) is 5.85. The van der Waals surface area contributed by atoms with E-state index >= 15 is 0 Å². The molecule has 35 heavy (non-hydrogen) atoms. The molecule has 7 heteroatoms. The second kappa shape index (κ2) is 11.5.